The lowest BCUT2D eigenvalue weighted by Gasteiger charge is -2.35. The van der Waals surface area contributed by atoms with E-state index < -0.39 is 5.97 Å². The average molecular weight is 284 g/mol. The zero-order valence-corrected chi connectivity index (χ0v) is 13.5. The molecule has 0 bridgehead atoms. The number of aryl methyl sites for hydroxylation is 1. The molecule has 1 aromatic heterocycles. The second-order valence-electron chi connectivity index (χ2n) is 6.75. The number of aliphatic carboxylic acids is 1. The second kappa shape index (κ2) is 5.57. The Hall–Kier alpha value is -0.970. The minimum atomic E-state index is -0.814. The summed E-state index contributed by atoms with van der Waals surface area (Å²) in [5.74, 6) is -0.770. The van der Waals surface area contributed by atoms with Crippen molar-refractivity contribution in [1.82, 2.24) is 9.55 Å². The Labute approximate surface area is 119 Å². The fraction of sp³-hybridized carbons (Fsp3) is 0.714. The van der Waals surface area contributed by atoms with Crippen LogP contribution in [0.15, 0.2) is 11.4 Å². The SMILES string of the molecule is Cc1cnc(SCC(=O)O)n1C(C)(C)CC(C)(C)C. The van der Waals surface area contributed by atoms with E-state index in [9.17, 15) is 4.79 Å². The molecule has 108 valence electrons. The summed E-state index contributed by atoms with van der Waals surface area (Å²) in [5.41, 5.74) is 1.19. The van der Waals surface area contributed by atoms with E-state index in [0.717, 1.165) is 17.3 Å². The van der Waals surface area contributed by atoms with Crippen molar-refractivity contribution in [3.63, 3.8) is 0 Å². The fourth-order valence-corrected chi connectivity index (χ4v) is 3.66. The van der Waals surface area contributed by atoms with Crippen LogP contribution in [-0.2, 0) is 10.3 Å². The first-order valence-corrected chi connectivity index (χ1v) is 7.41. The van der Waals surface area contributed by atoms with Gasteiger partial charge >= 0.3 is 5.97 Å². The van der Waals surface area contributed by atoms with Crippen LogP contribution in [0.2, 0.25) is 0 Å². The predicted molar refractivity (Wildman–Crippen MR) is 78.7 cm³/mol. The third-order valence-electron chi connectivity index (χ3n) is 2.80. The Morgan fingerprint density at radius 2 is 1.95 bits per heavy atom. The molecule has 1 N–H and O–H groups in total. The van der Waals surface area contributed by atoms with Crippen LogP contribution in [0.4, 0.5) is 0 Å². The summed E-state index contributed by atoms with van der Waals surface area (Å²) in [6.45, 7) is 13.0. The highest BCUT2D eigenvalue weighted by atomic mass is 32.2. The summed E-state index contributed by atoms with van der Waals surface area (Å²) < 4.78 is 2.16. The number of carbonyl (C=O) groups is 1. The molecule has 0 saturated heterocycles. The first kappa shape index (κ1) is 16.1. The van der Waals surface area contributed by atoms with Crippen LogP contribution in [0.3, 0.4) is 0 Å². The van der Waals surface area contributed by atoms with Gasteiger partial charge in [0.15, 0.2) is 5.16 Å². The molecule has 0 radical (unpaired) electrons. The molecule has 0 spiro atoms. The Morgan fingerprint density at radius 3 is 2.42 bits per heavy atom. The molecular formula is C14H24N2O2S. The molecule has 19 heavy (non-hydrogen) atoms. The van der Waals surface area contributed by atoms with Gasteiger partial charge in [-0.3, -0.25) is 4.79 Å². The molecular weight excluding hydrogens is 260 g/mol. The van der Waals surface area contributed by atoms with Crippen LogP contribution in [0, 0.1) is 12.3 Å². The van der Waals surface area contributed by atoms with Crippen LogP contribution < -0.4 is 0 Å². The largest absolute Gasteiger partial charge is 0.481 e. The van der Waals surface area contributed by atoms with Crippen molar-refractivity contribution < 1.29 is 9.90 Å². The van der Waals surface area contributed by atoms with E-state index in [1.165, 1.54) is 11.8 Å². The first-order valence-electron chi connectivity index (χ1n) is 6.42. The molecule has 1 heterocycles. The van der Waals surface area contributed by atoms with Crippen LogP contribution in [0.5, 0.6) is 0 Å². The van der Waals surface area contributed by atoms with Crippen molar-refractivity contribution in [3.05, 3.63) is 11.9 Å². The number of hydrogen-bond donors (Lipinski definition) is 1. The van der Waals surface area contributed by atoms with Gasteiger partial charge in [-0.25, -0.2) is 4.98 Å². The standard InChI is InChI=1S/C14H24N2O2S/c1-10-7-15-12(19-8-11(17)18)16(10)14(5,6)9-13(2,3)4/h7H,8-9H2,1-6H3,(H,17,18). The van der Waals surface area contributed by atoms with Gasteiger partial charge in [-0.05, 0) is 32.6 Å². The van der Waals surface area contributed by atoms with E-state index in [4.69, 9.17) is 5.11 Å². The number of nitrogens with zero attached hydrogens (tertiary/aromatic N) is 2. The molecule has 0 fully saturated rings. The van der Waals surface area contributed by atoms with Crippen molar-refractivity contribution >= 4 is 17.7 Å². The highest BCUT2D eigenvalue weighted by Crippen LogP contribution is 2.35. The Balaban J connectivity index is 3.04. The van der Waals surface area contributed by atoms with Gasteiger partial charge < -0.3 is 9.67 Å². The molecule has 0 aliphatic heterocycles. The summed E-state index contributed by atoms with van der Waals surface area (Å²) in [6, 6.07) is 0. The fourth-order valence-electron chi connectivity index (χ4n) is 2.76. The van der Waals surface area contributed by atoms with E-state index in [-0.39, 0.29) is 16.7 Å². The van der Waals surface area contributed by atoms with E-state index in [2.05, 4.69) is 44.2 Å². The molecule has 0 aliphatic rings. The Bertz CT molecular complexity index is 459. The lowest BCUT2D eigenvalue weighted by Crippen LogP contribution is -2.32. The molecule has 1 rings (SSSR count). The van der Waals surface area contributed by atoms with Gasteiger partial charge in [-0.1, -0.05) is 32.5 Å². The first-order chi connectivity index (χ1) is 8.53. The summed E-state index contributed by atoms with van der Waals surface area (Å²) in [4.78, 5) is 15.1. The van der Waals surface area contributed by atoms with Crippen LogP contribution in [0.25, 0.3) is 0 Å². The summed E-state index contributed by atoms with van der Waals surface area (Å²) in [6.07, 6.45) is 2.81. The monoisotopic (exact) mass is 284 g/mol. The van der Waals surface area contributed by atoms with Gasteiger partial charge in [0.1, 0.15) is 0 Å². The highest BCUT2D eigenvalue weighted by molar-refractivity contribution is 7.99. The maximum Gasteiger partial charge on any atom is 0.313 e. The normalized spacial score (nSPS) is 12.7. The number of thioether (sulfide) groups is 1. The smallest absolute Gasteiger partial charge is 0.313 e. The number of imidazole rings is 1. The quantitative estimate of drug-likeness (QED) is 0.840. The summed E-state index contributed by atoms with van der Waals surface area (Å²) in [5, 5.41) is 9.59. The summed E-state index contributed by atoms with van der Waals surface area (Å²) in [7, 11) is 0. The number of carboxylic acid groups (broad SMARTS) is 1. The number of hydrogen-bond acceptors (Lipinski definition) is 3. The average Bonchev–Trinajstić information content (AvgIpc) is 2.53. The molecule has 0 amide bonds. The zero-order valence-electron chi connectivity index (χ0n) is 12.6. The van der Waals surface area contributed by atoms with Gasteiger partial charge in [-0.2, -0.15) is 0 Å². The highest BCUT2D eigenvalue weighted by Gasteiger charge is 2.30. The van der Waals surface area contributed by atoms with Crippen LogP contribution >= 0.6 is 11.8 Å². The lowest BCUT2D eigenvalue weighted by molar-refractivity contribution is -0.133. The van der Waals surface area contributed by atoms with Crippen LogP contribution in [-0.4, -0.2) is 26.4 Å². The number of rotatable bonds is 5. The third kappa shape index (κ3) is 4.56. The van der Waals surface area contributed by atoms with Crippen LogP contribution in [0.1, 0.15) is 46.7 Å². The molecule has 0 aromatic carbocycles. The van der Waals surface area contributed by atoms with Crippen molar-refractivity contribution in [3.8, 4) is 0 Å². The molecule has 4 nitrogen and oxygen atoms in total. The molecule has 0 atom stereocenters. The zero-order chi connectivity index (χ0) is 14.8. The van der Waals surface area contributed by atoms with Gasteiger partial charge in [-0.15, -0.1) is 0 Å². The van der Waals surface area contributed by atoms with Gasteiger partial charge in [0.25, 0.3) is 0 Å². The van der Waals surface area contributed by atoms with Crippen molar-refractivity contribution in [2.45, 2.75) is 58.7 Å². The Morgan fingerprint density at radius 1 is 1.37 bits per heavy atom. The minimum absolute atomic E-state index is 0.0437. The van der Waals surface area contributed by atoms with E-state index in [1.54, 1.807) is 0 Å². The van der Waals surface area contributed by atoms with Crippen molar-refractivity contribution in [1.29, 1.82) is 0 Å². The number of aromatic nitrogens is 2. The predicted octanol–water partition coefficient (Wildman–Crippen LogP) is 3.54. The maximum absolute atomic E-state index is 10.7. The van der Waals surface area contributed by atoms with Gasteiger partial charge in [0.2, 0.25) is 0 Å². The molecule has 0 unspecified atom stereocenters. The lowest BCUT2D eigenvalue weighted by atomic mass is 9.81. The minimum Gasteiger partial charge on any atom is -0.481 e. The maximum atomic E-state index is 10.7. The van der Waals surface area contributed by atoms with Crippen molar-refractivity contribution in [2.24, 2.45) is 5.41 Å². The topological polar surface area (TPSA) is 55.1 Å². The van der Waals surface area contributed by atoms with E-state index in [0.29, 0.717) is 0 Å². The van der Waals surface area contributed by atoms with E-state index >= 15 is 0 Å². The third-order valence-corrected chi connectivity index (χ3v) is 3.74. The summed E-state index contributed by atoms with van der Waals surface area (Å²) >= 11 is 1.28. The van der Waals surface area contributed by atoms with E-state index in [1.807, 2.05) is 13.1 Å². The van der Waals surface area contributed by atoms with Gasteiger partial charge in [0.05, 0.1) is 5.75 Å². The van der Waals surface area contributed by atoms with Gasteiger partial charge in [0, 0.05) is 17.4 Å². The second-order valence-corrected chi connectivity index (χ2v) is 7.69. The molecule has 1 aromatic rings. The molecule has 5 heteroatoms. The molecule has 0 saturated carbocycles. The molecule has 0 aliphatic carbocycles. The number of carboxylic acids is 1. The van der Waals surface area contributed by atoms with Crippen molar-refractivity contribution in [2.75, 3.05) is 5.75 Å². The Kier molecular flexibility index (Phi) is 4.72.